The number of rotatable bonds is 3. The van der Waals surface area contributed by atoms with Gasteiger partial charge in [0.25, 0.3) is 5.69 Å². The van der Waals surface area contributed by atoms with Crippen LogP contribution in [0.15, 0.2) is 12.1 Å². The molecule has 0 spiro atoms. The first-order valence-corrected chi connectivity index (χ1v) is 7.27. The lowest BCUT2D eigenvalue weighted by Crippen LogP contribution is -2.21. The molecule has 0 saturated carbocycles. The standard InChI is InChI=1S/C17H25NO4/c1-16(2,3)11-8-13(17(4,5)6)12(10-15(19)22-7)14(9-11)18(20)21/h8-9H,10H2,1-7H3. The van der Waals surface area contributed by atoms with E-state index in [1.54, 1.807) is 6.07 Å². The van der Waals surface area contributed by atoms with Crippen molar-refractivity contribution < 1.29 is 14.5 Å². The lowest BCUT2D eigenvalue weighted by Gasteiger charge is -2.27. The molecule has 5 nitrogen and oxygen atoms in total. The first-order chi connectivity index (χ1) is 9.87. The van der Waals surface area contributed by atoms with Crippen LogP contribution in [0.3, 0.4) is 0 Å². The Morgan fingerprint density at radius 2 is 1.68 bits per heavy atom. The predicted octanol–water partition coefficient (Wildman–Crippen LogP) is 3.91. The fraction of sp³-hybridized carbons (Fsp3) is 0.588. The molecule has 0 radical (unpaired) electrons. The Bertz CT molecular complexity index is 592. The van der Waals surface area contributed by atoms with Gasteiger partial charge in [-0.05, 0) is 22.0 Å². The summed E-state index contributed by atoms with van der Waals surface area (Å²) in [6, 6.07) is 3.55. The molecule has 0 aliphatic carbocycles. The molecule has 1 aromatic rings. The maximum absolute atomic E-state index is 11.7. The number of nitrogens with zero attached hydrogens (tertiary/aromatic N) is 1. The van der Waals surface area contributed by atoms with Gasteiger partial charge in [-0.3, -0.25) is 14.9 Å². The van der Waals surface area contributed by atoms with Crippen molar-refractivity contribution in [2.75, 3.05) is 7.11 Å². The van der Waals surface area contributed by atoms with Crippen molar-refractivity contribution in [1.82, 2.24) is 0 Å². The second-order valence-corrected chi connectivity index (χ2v) is 7.53. The minimum atomic E-state index is -0.475. The number of carbonyl (C=O) groups is 1. The molecule has 1 rings (SSSR count). The Morgan fingerprint density at radius 1 is 1.14 bits per heavy atom. The number of hydrogen-bond donors (Lipinski definition) is 0. The SMILES string of the molecule is COC(=O)Cc1c([N+](=O)[O-])cc(C(C)(C)C)cc1C(C)(C)C. The number of nitro groups is 1. The van der Waals surface area contributed by atoms with Gasteiger partial charge in [0.15, 0.2) is 0 Å². The number of esters is 1. The summed E-state index contributed by atoms with van der Waals surface area (Å²) < 4.78 is 4.69. The number of nitro benzene ring substituents is 1. The van der Waals surface area contributed by atoms with Gasteiger partial charge in [0.2, 0.25) is 0 Å². The van der Waals surface area contributed by atoms with Crippen molar-refractivity contribution in [3.8, 4) is 0 Å². The Balaban J connectivity index is 3.70. The third-order valence-corrected chi connectivity index (χ3v) is 3.65. The predicted molar refractivity (Wildman–Crippen MR) is 86.2 cm³/mol. The van der Waals surface area contributed by atoms with E-state index in [9.17, 15) is 14.9 Å². The van der Waals surface area contributed by atoms with Gasteiger partial charge in [-0.1, -0.05) is 47.6 Å². The molecule has 0 bridgehead atoms. The smallest absolute Gasteiger partial charge is 0.310 e. The number of ether oxygens (including phenoxy) is 1. The molecular weight excluding hydrogens is 282 g/mol. The van der Waals surface area contributed by atoms with Crippen LogP contribution < -0.4 is 0 Å². The van der Waals surface area contributed by atoms with Crippen molar-refractivity contribution in [2.45, 2.75) is 58.8 Å². The van der Waals surface area contributed by atoms with E-state index in [1.807, 2.05) is 47.6 Å². The molecule has 0 N–H and O–H groups in total. The summed E-state index contributed by atoms with van der Waals surface area (Å²) in [4.78, 5) is 22.8. The van der Waals surface area contributed by atoms with Gasteiger partial charge in [0.1, 0.15) is 0 Å². The summed E-state index contributed by atoms with van der Waals surface area (Å²) in [7, 11) is 1.29. The molecule has 0 atom stereocenters. The van der Waals surface area contributed by atoms with Crippen LogP contribution in [0.4, 0.5) is 5.69 Å². The van der Waals surface area contributed by atoms with Crippen molar-refractivity contribution in [1.29, 1.82) is 0 Å². The van der Waals surface area contributed by atoms with Crippen LogP contribution in [-0.2, 0) is 26.8 Å². The maximum Gasteiger partial charge on any atom is 0.310 e. The molecule has 0 aliphatic rings. The van der Waals surface area contributed by atoms with Crippen LogP contribution in [0.25, 0.3) is 0 Å². The van der Waals surface area contributed by atoms with E-state index < -0.39 is 10.9 Å². The highest BCUT2D eigenvalue weighted by Crippen LogP contribution is 2.37. The van der Waals surface area contributed by atoms with E-state index in [4.69, 9.17) is 4.74 Å². The Labute approximate surface area is 131 Å². The highest BCUT2D eigenvalue weighted by molar-refractivity contribution is 5.75. The van der Waals surface area contributed by atoms with Gasteiger partial charge in [-0.2, -0.15) is 0 Å². The zero-order chi connectivity index (χ0) is 17.3. The van der Waals surface area contributed by atoms with Gasteiger partial charge in [0, 0.05) is 11.6 Å². The summed E-state index contributed by atoms with van der Waals surface area (Å²) >= 11 is 0. The monoisotopic (exact) mass is 307 g/mol. The van der Waals surface area contributed by atoms with E-state index in [0.717, 1.165) is 11.1 Å². The van der Waals surface area contributed by atoms with E-state index >= 15 is 0 Å². The van der Waals surface area contributed by atoms with E-state index in [0.29, 0.717) is 5.56 Å². The van der Waals surface area contributed by atoms with E-state index in [1.165, 1.54) is 7.11 Å². The summed E-state index contributed by atoms with van der Waals surface area (Å²) in [5.41, 5.74) is 1.61. The van der Waals surface area contributed by atoms with Crippen molar-refractivity contribution >= 4 is 11.7 Å². The van der Waals surface area contributed by atoms with Crippen LogP contribution in [0.2, 0.25) is 0 Å². The minimum absolute atomic E-state index is 0.0113. The fourth-order valence-corrected chi connectivity index (χ4v) is 2.32. The third-order valence-electron chi connectivity index (χ3n) is 3.65. The van der Waals surface area contributed by atoms with Gasteiger partial charge in [-0.15, -0.1) is 0 Å². The molecule has 5 heteroatoms. The van der Waals surface area contributed by atoms with Crippen LogP contribution in [0.1, 0.15) is 58.2 Å². The molecule has 0 aliphatic heterocycles. The third kappa shape index (κ3) is 4.06. The molecule has 22 heavy (non-hydrogen) atoms. The van der Waals surface area contributed by atoms with E-state index in [2.05, 4.69) is 0 Å². The van der Waals surface area contributed by atoms with Crippen LogP contribution >= 0.6 is 0 Å². The zero-order valence-corrected chi connectivity index (χ0v) is 14.4. The average molecular weight is 307 g/mol. The van der Waals surface area contributed by atoms with Crippen LogP contribution in [0.5, 0.6) is 0 Å². The highest BCUT2D eigenvalue weighted by atomic mass is 16.6. The Kier molecular flexibility index (Phi) is 5.00. The number of benzene rings is 1. The van der Waals surface area contributed by atoms with Crippen molar-refractivity contribution in [3.63, 3.8) is 0 Å². The largest absolute Gasteiger partial charge is 0.469 e. The lowest BCUT2D eigenvalue weighted by molar-refractivity contribution is -0.385. The molecule has 0 amide bonds. The molecule has 0 unspecified atom stereocenters. The second kappa shape index (κ2) is 6.07. The maximum atomic E-state index is 11.7. The lowest BCUT2D eigenvalue weighted by atomic mass is 9.77. The fourth-order valence-electron chi connectivity index (χ4n) is 2.32. The molecule has 0 heterocycles. The number of hydrogen-bond acceptors (Lipinski definition) is 4. The molecule has 122 valence electrons. The van der Waals surface area contributed by atoms with Gasteiger partial charge < -0.3 is 4.74 Å². The van der Waals surface area contributed by atoms with Gasteiger partial charge in [0.05, 0.1) is 18.5 Å². The normalized spacial score (nSPS) is 12.1. The first-order valence-electron chi connectivity index (χ1n) is 7.27. The van der Waals surface area contributed by atoms with Crippen LogP contribution in [0, 0.1) is 10.1 Å². The Morgan fingerprint density at radius 3 is 2.05 bits per heavy atom. The first kappa shape index (κ1) is 18.1. The number of carbonyl (C=O) groups excluding carboxylic acids is 1. The summed E-state index contributed by atoms with van der Waals surface area (Å²) in [6.45, 7) is 12.0. The minimum Gasteiger partial charge on any atom is -0.469 e. The van der Waals surface area contributed by atoms with Crippen LogP contribution in [-0.4, -0.2) is 18.0 Å². The highest BCUT2D eigenvalue weighted by Gasteiger charge is 2.30. The zero-order valence-electron chi connectivity index (χ0n) is 14.4. The average Bonchev–Trinajstić information content (AvgIpc) is 2.35. The van der Waals surface area contributed by atoms with E-state index in [-0.39, 0.29) is 22.9 Å². The number of methoxy groups -OCH3 is 1. The summed E-state index contributed by atoms with van der Waals surface area (Å²) in [5, 5.41) is 11.5. The van der Waals surface area contributed by atoms with Gasteiger partial charge in [-0.25, -0.2) is 0 Å². The summed E-state index contributed by atoms with van der Waals surface area (Å²) in [6.07, 6.45) is -0.0934. The Hall–Kier alpha value is -1.91. The quantitative estimate of drug-likeness (QED) is 0.482. The second-order valence-electron chi connectivity index (χ2n) is 7.53. The topological polar surface area (TPSA) is 69.4 Å². The molecule has 0 aromatic heterocycles. The molecule has 0 fully saturated rings. The molecule has 1 aromatic carbocycles. The van der Waals surface area contributed by atoms with Crippen molar-refractivity contribution in [2.24, 2.45) is 0 Å². The molecule has 0 saturated heterocycles. The molecular formula is C17H25NO4. The van der Waals surface area contributed by atoms with Crippen molar-refractivity contribution in [3.05, 3.63) is 38.9 Å². The van der Waals surface area contributed by atoms with Gasteiger partial charge >= 0.3 is 5.97 Å². The summed E-state index contributed by atoms with van der Waals surface area (Å²) in [5.74, 6) is -0.475.